The number of hydrogen-bond donors (Lipinski definition) is 2. The highest BCUT2D eigenvalue weighted by Crippen LogP contribution is 2.30. The number of aryl methyl sites for hydroxylation is 1. The molecule has 0 saturated carbocycles. The van der Waals surface area contributed by atoms with Crippen LogP contribution in [0.2, 0.25) is 0 Å². The second kappa shape index (κ2) is 8.08. The minimum absolute atomic E-state index is 0.0122. The Kier molecular flexibility index (Phi) is 5.58. The van der Waals surface area contributed by atoms with Crippen LogP contribution in [0.15, 0.2) is 30.5 Å². The van der Waals surface area contributed by atoms with E-state index in [-0.39, 0.29) is 36.6 Å². The molecule has 1 atom stereocenters. The number of hydrogen-bond acceptors (Lipinski definition) is 6. The lowest BCUT2D eigenvalue weighted by Crippen LogP contribution is -2.29. The van der Waals surface area contributed by atoms with Gasteiger partial charge in [-0.3, -0.25) is 14.6 Å². The van der Waals surface area contributed by atoms with E-state index in [2.05, 4.69) is 15.6 Å². The second-order valence-electron chi connectivity index (χ2n) is 6.37. The monoisotopic (exact) mass is 383 g/mol. The van der Waals surface area contributed by atoms with Crippen molar-refractivity contribution >= 4 is 23.5 Å². The number of esters is 1. The van der Waals surface area contributed by atoms with Crippen LogP contribution in [0.4, 0.5) is 5.69 Å². The third-order valence-electron chi connectivity index (χ3n) is 4.33. The Morgan fingerprint density at radius 2 is 2.14 bits per heavy atom. The lowest BCUT2D eigenvalue weighted by atomic mass is 10.1. The molecular formula is C20H21N3O5. The number of carbonyl (C=O) groups excluding carboxylic acids is 3. The number of benzene rings is 1. The minimum Gasteiger partial charge on any atom is -0.482 e. The number of pyridine rings is 1. The standard InChI is InChI=1S/C20H21N3O5/c1-4-27-20(26)14-7-15(12(3)21-9-14)19(25)22-11(2)13-5-6-17-16(8-13)23-18(24)10-28-17/h5-9,11H,4,10H2,1-3H3,(H,22,25)(H,23,24)/t11-/m1/s1. The van der Waals surface area contributed by atoms with E-state index < -0.39 is 5.97 Å². The summed E-state index contributed by atoms with van der Waals surface area (Å²) in [6, 6.07) is 6.46. The molecule has 8 heteroatoms. The smallest absolute Gasteiger partial charge is 0.339 e. The molecule has 3 rings (SSSR count). The maximum atomic E-state index is 12.7. The predicted octanol–water partition coefficient (Wildman–Crippen LogP) is 2.39. The molecule has 146 valence electrons. The fourth-order valence-corrected chi connectivity index (χ4v) is 2.82. The summed E-state index contributed by atoms with van der Waals surface area (Å²) in [5.41, 5.74) is 2.39. The van der Waals surface area contributed by atoms with E-state index >= 15 is 0 Å². The van der Waals surface area contributed by atoms with Crippen LogP contribution < -0.4 is 15.4 Å². The van der Waals surface area contributed by atoms with Crippen LogP contribution >= 0.6 is 0 Å². The topological polar surface area (TPSA) is 107 Å². The van der Waals surface area contributed by atoms with Gasteiger partial charge in [-0.05, 0) is 44.5 Å². The number of nitrogens with one attached hydrogen (secondary N) is 2. The third-order valence-corrected chi connectivity index (χ3v) is 4.33. The summed E-state index contributed by atoms with van der Waals surface area (Å²) in [6.07, 6.45) is 1.39. The van der Waals surface area contributed by atoms with Gasteiger partial charge in [-0.15, -0.1) is 0 Å². The zero-order valence-electron chi connectivity index (χ0n) is 15.9. The number of anilines is 1. The highest BCUT2D eigenvalue weighted by Gasteiger charge is 2.20. The number of fused-ring (bicyclic) bond motifs is 1. The Bertz CT molecular complexity index is 941. The van der Waals surface area contributed by atoms with Crippen LogP contribution in [0.3, 0.4) is 0 Å². The fourth-order valence-electron chi connectivity index (χ4n) is 2.82. The van der Waals surface area contributed by atoms with Crippen molar-refractivity contribution in [1.29, 1.82) is 0 Å². The van der Waals surface area contributed by atoms with Crippen molar-refractivity contribution in [3.63, 3.8) is 0 Å². The quantitative estimate of drug-likeness (QED) is 0.768. The summed E-state index contributed by atoms with van der Waals surface area (Å²) in [7, 11) is 0. The molecule has 0 aliphatic carbocycles. The maximum absolute atomic E-state index is 12.7. The fraction of sp³-hybridized carbons (Fsp3) is 0.300. The molecule has 1 aliphatic heterocycles. The van der Waals surface area contributed by atoms with Gasteiger partial charge in [-0.2, -0.15) is 0 Å². The van der Waals surface area contributed by atoms with Crippen LogP contribution in [-0.2, 0) is 9.53 Å². The first-order valence-corrected chi connectivity index (χ1v) is 8.90. The van der Waals surface area contributed by atoms with Crippen molar-refractivity contribution in [2.75, 3.05) is 18.5 Å². The van der Waals surface area contributed by atoms with Crippen LogP contribution in [0.25, 0.3) is 0 Å². The van der Waals surface area contributed by atoms with E-state index in [1.807, 2.05) is 13.0 Å². The van der Waals surface area contributed by atoms with Gasteiger partial charge >= 0.3 is 5.97 Å². The van der Waals surface area contributed by atoms with Gasteiger partial charge in [0.1, 0.15) is 5.75 Å². The molecule has 0 unspecified atom stereocenters. The molecule has 28 heavy (non-hydrogen) atoms. The molecule has 1 aliphatic rings. The van der Waals surface area contributed by atoms with Gasteiger partial charge in [0.05, 0.1) is 35.2 Å². The van der Waals surface area contributed by atoms with Gasteiger partial charge in [0.2, 0.25) is 0 Å². The van der Waals surface area contributed by atoms with Crippen LogP contribution in [0.1, 0.15) is 51.9 Å². The Morgan fingerprint density at radius 1 is 1.36 bits per heavy atom. The van der Waals surface area contributed by atoms with Gasteiger partial charge < -0.3 is 20.1 Å². The van der Waals surface area contributed by atoms with Gasteiger partial charge in [0, 0.05) is 6.20 Å². The number of rotatable bonds is 5. The van der Waals surface area contributed by atoms with E-state index in [0.29, 0.717) is 22.7 Å². The second-order valence-corrected chi connectivity index (χ2v) is 6.37. The molecule has 0 radical (unpaired) electrons. The summed E-state index contributed by atoms with van der Waals surface area (Å²) < 4.78 is 10.3. The summed E-state index contributed by atoms with van der Waals surface area (Å²) in [6.45, 7) is 5.45. The minimum atomic E-state index is -0.525. The molecule has 0 bridgehead atoms. The highest BCUT2D eigenvalue weighted by molar-refractivity contribution is 5.99. The van der Waals surface area contributed by atoms with Gasteiger partial charge in [-0.25, -0.2) is 4.79 Å². The van der Waals surface area contributed by atoms with Gasteiger partial charge in [0.15, 0.2) is 6.61 Å². The van der Waals surface area contributed by atoms with Crippen LogP contribution in [0.5, 0.6) is 5.75 Å². The average Bonchev–Trinajstić information content (AvgIpc) is 2.67. The first-order chi connectivity index (χ1) is 13.4. The highest BCUT2D eigenvalue weighted by atomic mass is 16.5. The van der Waals surface area contributed by atoms with Crippen molar-refractivity contribution < 1.29 is 23.9 Å². The summed E-state index contributed by atoms with van der Waals surface area (Å²) >= 11 is 0. The Balaban J connectivity index is 1.77. The molecule has 0 fully saturated rings. The molecule has 8 nitrogen and oxygen atoms in total. The predicted molar refractivity (Wildman–Crippen MR) is 101 cm³/mol. The Labute approximate surface area is 162 Å². The summed E-state index contributed by atoms with van der Waals surface area (Å²) in [5.74, 6) is -0.521. The molecular weight excluding hydrogens is 362 g/mol. The van der Waals surface area contributed by atoms with Gasteiger partial charge in [-0.1, -0.05) is 6.07 Å². The molecule has 2 heterocycles. The molecule has 1 aromatic heterocycles. The lowest BCUT2D eigenvalue weighted by Gasteiger charge is -2.21. The molecule has 2 amide bonds. The zero-order valence-corrected chi connectivity index (χ0v) is 15.9. The SMILES string of the molecule is CCOC(=O)c1cnc(C)c(C(=O)N[C@H](C)c2ccc3c(c2)NC(=O)CO3)c1. The van der Waals surface area contributed by atoms with Crippen molar-refractivity contribution in [1.82, 2.24) is 10.3 Å². The summed E-state index contributed by atoms with van der Waals surface area (Å²) in [5, 5.41) is 5.63. The number of amides is 2. The molecule has 2 aromatic rings. The molecule has 0 saturated heterocycles. The third kappa shape index (κ3) is 4.11. The van der Waals surface area contributed by atoms with Crippen molar-refractivity contribution in [2.24, 2.45) is 0 Å². The van der Waals surface area contributed by atoms with Gasteiger partial charge in [0.25, 0.3) is 11.8 Å². The van der Waals surface area contributed by atoms with E-state index in [4.69, 9.17) is 9.47 Å². The number of ether oxygens (including phenoxy) is 2. The van der Waals surface area contributed by atoms with E-state index in [1.165, 1.54) is 12.3 Å². The Hall–Kier alpha value is -3.42. The number of nitrogens with zero attached hydrogens (tertiary/aromatic N) is 1. The van der Waals surface area contributed by atoms with E-state index in [1.54, 1.807) is 26.0 Å². The number of aromatic nitrogens is 1. The van der Waals surface area contributed by atoms with Crippen molar-refractivity contribution in [3.8, 4) is 5.75 Å². The largest absolute Gasteiger partial charge is 0.482 e. The maximum Gasteiger partial charge on any atom is 0.339 e. The normalized spacial score (nSPS) is 13.6. The van der Waals surface area contributed by atoms with Crippen molar-refractivity contribution in [2.45, 2.75) is 26.8 Å². The first kappa shape index (κ1) is 19.3. The lowest BCUT2D eigenvalue weighted by molar-refractivity contribution is -0.118. The Morgan fingerprint density at radius 3 is 2.89 bits per heavy atom. The molecule has 1 aromatic carbocycles. The average molecular weight is 383 g/mol. The van der Waals surface area contributed by atoms with Crippen LogP contribution in [-0.4, -0.2) is 36.0 Å². The van der Waals surface area contributed by atoms with E-state index in [0.717, 1.165) is 5.56 Å². The molecule has 0 spiro atoms. The molecule has 2 N–H and O–H groups in total. The summed E-state index contributed by atoms with van der Waals surface area (Å²) in [4.78, 5) is 40.2. The van der Waals surface area contributed by atoms with E-state index in [9.17, 15) is 14.4 Å². The number of carbonyl (C=O) groups is 3. The van der Waals surface area contributed by atoms with Crippen LogP contribution in [0, 0.1) is 6.92 Å². The van der Waals surface area contributed by atoms with Crippen molar-refractivity contribution in [3.05, 3.63) is 52.8 Å². The first-order valence-electron chi connectivity index (χ1n) is 8.90. The zero-order chi connectivity index (χ0) is 20.3.